The third-order valence-electron chi connectivity index (χ3n) is 3.81. The molecule has 1 aliphatic rings. The second-order valence-electron chi connectivity index (χ2n) is 5.43. The molecule has 0 aromatic carbocycles. The molecule has 0 amide bonds. The third kappa shape index (κ3) is 2.87. The summed E-state index contributed by atoms with van der Waals surface area (Å²) in [6.07, 6.45) is 2.83. The molecule has 4 heteroatoms. The summed E-state index contributed by atoms with van der Waals surface area (Å²) < 4.78 is 0. The van der Waals surface area contributed by atoms with E-state index in [1.807, 2.05) is 6.92 Å². The largest absolute Gasteiger partial charge is 0.391 e. The zero-order valence-electron chi connectivity index (χ0n) is 10.9. The average Bonchev–Trinajstić information content (AvgIpc) is 2.89. The molecule has 1 fully saturated rings. The van der Waals surface area contributed by atoms with Crippen LogP contribution in [-0.2, 0) is 6.42 Å². The van der Waals surface area contributed by atoms with Gasteiger partial charge in [-0.15, -0.1) is 11.3 Å². The number of nitrogens with zero attached hydrogens (tertiary/aromatic N) is 2. The van der Waals surface area contributed by atoms with Crippen molar-refractivity contribution in [2.75, 3.05) is 13.1 Å². The lowest BCUT2D eigenvalue weighted by atomic mass is 9.92. The molecule has 1 unspecified atom stereocenters. The number of rotatable bonds is 4. The maximum absolute atomic E-state index is 10.4. The van der Waals surface area contributed by atoms with Gasteiger partial charge in [0.1, 0.15) is 0 Å². The number of thiazole rings is 1. The van der Waals surface area contributed by atoms with Gasteiger partial charge in [-0.2, -0.15) is 0 Å². The van der Waals surface area contributed by atoms with Gasteiger partial charge in [0.05, 0.1) is 16.8 Å². The van der Waals surface area contributed by atoms with E-state index in [9.17, 15) is 5.11 Å². The number of aryl methyl sites for hydroxylation is 1. The van der Waals surface area contributed by atoms with E-state index in [-0.39, 0.29) is 11.6 Å². The summed E-state index contributed by atoms with van der Waals surface area (Å²) in [5.41, 5.74) is 0.876. The van der Waals surface area contributed by atoms with Gasteiger partial charge in [-0.3, -0.25) is 4.90 Å². The van der Waals surface area contributed by atoms with Gasteiger partial charge in [-0.05, 0) is 46.7 Å². The van der Waals surface area contributed by atoms with E-state index in [0.717, 1.165) is 23.8 Å². The summed E-state index contributed by atoms with van der Waals surface area (Å²) in [5, 5.41) is 13.6. The van der Waals surface area contributed by atoms with E-state index in [1.54, 1.807) is 11.3 Å². The Hall–Kier alpha value is -0.450. The minimum atomic E-state index is -0.345. The fourth-order valence-electron chi connectivity index (χ4n) is 2.45. The number of aliphatic hydroxyl groups excluding tert-OH is 1. The predicted molar refractivity (Wildman–Crippen MR) is 71.4 cm³/mol. The number of hydrogen-bond acceptors (Lipinski definition) is 4. The highest BCUT2D eigenvalue weighted by molar-refractivity contribution is 7.09. The zero-order valence-corrected chi connectivity index (χ0v) is 11.8. The lowest BCUT2D eigenvalue weighted by molar-refractivity contribution is 0.00291. The van der Waals surface area contributed by atoms with Crippen LogP contribution in [0.4, 0.5) is 0 Å². The second kappa shape index (κ2) is 5.04. The van der Waals surface area contributed by atoms with Gasteiger partial charge in [-0.25, -0.2) is 4.98 Å². The maximum atomic E-state index is 10.4. The van der Waals surface area contributed by atoms with E-state index < -0.39 is 0 Å². The smallest absolute Gasteiger partial charge is 0.0897 e. The summed E-state index contributed by atoms with van der Waals surface area (Å²) >= 11 is 1.65. The Morgan fingerprint density at radius 3 is 2.65 bits per heavy atom. The molecule has 1 aromatic heterocycles. The molecular formula is C13H22N2OS. The Kier molecular flexibility index (Phi) is 3.85. The summed E-state index contributed by atoms with van der Waals surface area (Å²) in [4.78, 5) is 6.83. The summed E-state index contributed by atoms with van der Waals surface area (Å²) in [7, 11) is 0. The fraction of sp³-hybridized carbons (Fsp3) is 0.769. The second-order valence-corrected chi connectivity index (χ2v) is 6.49. The van der Waals surface area contributed by atoms with Crippen LogP contribution in [0.3, 0.4) is 0 Å². The average molecular weight is 254 g/mol. The molecule has 1 aromatic rings. The Labute approximate surface area is 107 Å². The number of aromatic nitrogens is 1. The van der Waals surface area contributed by atoms with Gasteiger partial charge >= 0.3 is 0 Å². The Morgan fingerprint density at radius 1 is 1.47 bits per heavy atom. The minimum absolute atomic E-state index is 0.145. The lowest BCUT2D eigenvalue weighted by Crippen LogP contribution is -2.51. The molecule has 1 atom stereocenters. The van der Waals surface area contributed by atoms with Crippen LogP contribution in [0.5, 0.6) is 0 Å². The Morgan fingerprint density at radius 2 is 2.12 bits per heavy atom. The lowest BCUT2D eigenvalue weighted by Gasteiger charge is -2.39. The first-order valence-electron chi connectivity index (χ1n) is 6.34. The van der Waals surface area contributed by atoms with Gasteiger partial charge < -0.3 is 5.11 Å². The molecule has 0 saturated carbocycles. The number of hydrogen-bond donors (Lipinski definition) is 1. The molecule has 1 N–H and O–H groups in total. The monoisotopic (exact) mass is 254 g/mol. The highest BCUT2D eigenvalue weighted by atomic mass is 32.1. The van der Waals surface area contributed by atoms with Gasteiger partial charge in [0, 0.05) is 17.3 Å². The van der Waals surface area contributed by atoms with Crippen LogP contribution in [-0.4, -0.2) is 39.7 Å². The maximum Gasteiger partial charge on any atom is 0.0897 e. The first-order chi connectivity index (χ1) is 8.00. The molecule has 1 saturated heterocycles. The Bertz CT molecular complexity index is 369. The first kappa shape index (κ1) is 13.0. The highest BCUT2D eigenvalue weighted by Crippen LogP contribution is 2.26. The number of likely N-dealkylation sites (tertiary alicyclic amines) is 1. The van der Waals surface area contributed by atoms with Gasteiger partial charge in [0.25, 0.3) is 0 Å². The quantitative estimate of drug-likeness (QED) is 0.895. The van der Waals surface area contributed by atoms with Crippen molar-refractivity contribution in [3.8, 4) is 0 Å². The van der Waals surface area contributed by atoms with Gasteiger partial charge in [0.2, 0.25) is 0 Å². The highest BCUT2D eigenvalue weighted by Gasteiger charge is 2.35. The van der Waals surface area contributed by atoms with Crippen LogP contribution >= 0.6 is 11.3 Å². The topological polar surface area (TPSA) is 36.4 Å². The molecule has 3 nitrogen and oxygen atoms in total. The standard InChI is InChI=1S/C13H22N2OS/c1-10-14-11(9-17-10)8-12(16)13(2,3)15-6-4-5-7-15/h9,12,16H,4-8H2,1-3H3. The molecule has 0 spiro atoms. The van der Waals surface area contributed by atoms with Crippen molar-refractivity contribution in [3.63, 3.8) is 0 Å². The van der Waals surface area contributed by atoms with Crippen LogP contribution in [0.15, 0.2) is 5.38 Å². The molecule has 96 valence electrons. The van der Waals surface area contributed by atoms with E-state index in [1.165, 1.54) is 12.8 Å². The van der Waals surface area contributed by atoms with Crippen molar-refractivity contribution in [3.05, 3.63) is 16.1 Å². The summed E-state index contributed by atoms with van der Waals surface area (Å²) in [5.74, 6) is 0. The van der Waals surface area contributed by atoms with Crippen molar-refractivity contribution >= 4 is 11.3 Å². The van der Waals surface area contributed by atoms with Crippen LogP contribution in [0, 0.1) is 6.92 Å². The fourth-order valence-corrected chi connectivity index (χ4v) is 3.08. The van der Waals surface area contributed by atoms with Crippen molar-refractivity contribution < 1.29 is 5.11 Å². The predicted octanol–water partition coefficient (Wildman–Crippen LogP) is 2.23. The first-order valence-corrected chi connectivity index (χ1v) is 7.22. The van der Waals surface area contributed by atoms with Crippen LogP contribution in [0.1, 0.15) is 37.4 Å². The number of aliphatic hydroxyl groups is 1. The minimum Gasteiger partial charge on any atom is -0.391 e. The molecule has 1 aliphatic heterocycles. The third-order valence-corrected chi connectivity index (χ3v) is 4.63. The van der Waals surface area contributed by atoms with E-state index in [4.69, 9.17) is 0 Å². The van der Waals surface area contributed by atoms with Crippen molar-refractivity contribution in [2.45, 2.75) is 51.7 Å². The van der Waals surface area contributed by atoms with Crippen molar-refractivity contribution in [1.29, 1.82) is 0 Å². The van der Waals surface area contributed by atoms with Crippen LogP contribution in [0.2, 0.25) is 0 Å². The molecular weight excluding hydrogens is 232 g/mol. The van der Waals surface area contributed by atoms with Gasteiger partial charge in [-0.1, -0.05) is 0 Å². The van der Waals surface area contributed by atoms with E-state index in [2.05, 4.69) is 29.1 Å². The molecule has 2 rings (SSSR count). The molecule has 2 heterocycles. The molecule has 17 heavy (non-hydrogen) atoms. The van der Waals surface area contributed by atoms with Gasteiger partial charge in [0.15, 0.2) is 0 Å². The zero-order chi connectivity index (χ0) is 12.5. The van der Waals surface area contributed by atoms with Crippen LogP contribution < -0.4 is 0 Å². The summed E-state index contributed by atoms with van der Waals surface area (Å²) in [6.45, 7) is 8.51. The van der Waals surface area contributed by atoms with Crippen LogP contribution in [0.25, 0.3) is 0 Å². The SMILES string of the molecule is Cc1nc(CC(O)C(C)(C)N2CCCC2)cs1. The molecule has 0 bridgehead atoms. The van der Waals surface area contributed by atoms with Crippen molar-refractivity contribution in [2.24, 2.45) is 0 Å². The molecule has 0 aliphatic carbocycles. The normalized spacial score (nSPS) is 19.8. The Balaban J connectivity index is 2.00. The molecule has 0 radical (unpaired) electrons. The van der Waals surface area contributed by atoms with Crippen molar-refractivity contribution in [1.82, 2.24) is 9.88 Å². The summed E-state index contributed by atoms with van der Waals surface area (Å²) in [6, 6.07) is 0. The van der Waals surface area contributed by atoms with E-state index >= 15 is 0 Å². The van der Waals surface area contributed by atoms with E-state index in [0.29, 0.717) is 6.42 Å².